The van der Waals surface area contributed by atoms with Crippen LogP contribution in [0.15, 0.2) is 65.5 Å². The van der Waals surface area contributed by atoms with Crippen LogP contribution >= 0.6 is 11.3 Å². The molecule has 0 radical (unpaired) electrons. The zero-order chi connectivity index (χ0) is 20.7. The molecule has 0 N–H and O–H groups in total. The minimum absolute atomic E-state index is 0.138. The van der Waals surface area contributed by atoms with Crippen LogP contribution in [0.3, 0.4) is 0 Å². The van der Waals surface area contributed by atoms with Gasteiger partial charge in [-0.3, -0.25) is 24.3 Å². The van der Waals surface area contributed by atoms with Crippen molar-refractivity contribution in [1.29, 1.82) is 0 Å². The van der Waals surface area contributed by atoms with Crippen LogP contribution in [0.25, 0.3) is 15.9 Å². The van der Waals surface area contributed by atoms with Gasteiger partial charge >= 0.3 is 5.00 Å². The highest BCUT2D eigenvalue weighted by Gasteiger charge is 2.31. The van der Waals surface area contributed by atoms with Gasteiger partial charge in [0, 0.05) is 17.5 Å². The molecule has 0 unspecified atom stereocenters. The molecular formula is C20H10F2N2O4S. The summed E-state index contributed by atoms with van der Waals surface area (Å²) in [7, 11) is 0. The zero-order valence-corrected chi connectivity index (χ0v) is 15.3. The quantitative estimate of drug-likeness (QED) is 0.281. The Morgan fingerprint density at radius 3 is 2.41 bits per heavy atom. The normalized spacial score (nSPS) is 11.0. The largest absolute Gasteiger partial charge is 0.337 e. The fraction of sp³-hybridized carbons (Fsp3) is 0. The lowest BCUT2D eigenvalue weighted by Crippen LogP contribution is -2.16. The maximum atomic E-state index is 14.2. The lowest BCUT2D eigenvalue weighted by atomic mass is 10.0. The van der Waals surface area contributed by atoms with E-state index >= 15 is 0 Å². The van der Waals surface area contributed by atoms with Gasteiger partial charge in [0.1, 0.15) is 22.0 Å². The van der Waals surface area contributed by atoms with Crippen LogP contribution in [0.2, 0.25) is 0 Å². The monoisotopic (exact) mass is 412 g/mol. The van der Waals surface area contributed by atoms with Crippen molar-refractivity contribution in [3.63, 3.8) is 0 Å². The third-order valence-electron chi connectivity index (χ3n) is 4.31. The Balaban J connectivity index is 2.04. The molecule has 0 saturated heterocycles. The predicted molar refractivity (Wildman–Crippen MR) is 104 cm³/mol. The molecule has 0 fully saturated rings. The lowest BCUT2D eigenvalue weighted by molar-refractivity contribution is -0.380. The Hall–Kier alpha value is -3.72. The number of rotatable bonds is 4. The number of thiophene rings is 1. The third-order valence-corrected chi connectivity index (χ3v) is 5.45. The summed E-state index contributed by atoms with van der Waals surface area (Å²) in [6.45, 7) is 0. The molecule has 2 aromatic carbocycles. The van der Waals surface area contributed by atoms with E-state index in [9.17, 15) is 28.5 Å². The van der Waals surface area contributed by atoms with Crippen LogP contribution in [-0.2, 0) is 0 Å². The molecule has 0 saturated carbocycles. The highest BCUT2D eigenvalue weighted by atomic mass is 32.1. The number of nitro groups is 1. The number of carbonyl (C=O) groups is 1. The van der Waals surface area contributed by atoms with E-state index in [0.717, 1.165) is 12.1 Å². The van der Waals surface area contributed by atoms with Crippen molar-refractivity contribution < 1.29 is 18.5 Å². The van der Waals surface area contributed by atoms with Crippen molar-refractivity contribution in [2.75, 3.05) is 0 Å². The molecule has 0 aliphatic rings. The van der Waals surface area contributed by atoms with Crippen molar-refractivity contribution in [2.24, 2.45) is 0 Å². The summed E-state index contributed by atoms with van der Waals surface area (Å²) in [5.41, 5.74) is -0.810. The van der Waals surface area contributed by atoms with E-state index in [0.29, 0.717) is 23.1 Å². The number of carbonyl (C=O) groups excluding carboxylic acids is 1. The van der Waals surface area contributed by atoms with E-state index in [4.69, 9.17) is 0 Å². The highest BCUT2D eigenvalue weighted by Crippen LogP contribution is 2.39. The van der Waals surface area contributed by atoms with Gasteiger partial charge in [-0.15, -0.1) is 0 Å². The van der Waals surface area contributed by atoms with E-state index in [1.807, 2.05) is 0 Å². The van der Waals surface area contributed by atoms with Crippen LogP contribution in [-0.4, -0.2) is 15.3 Å². The topological polar surface area (TPSA) is 82.2 Å². The number of pyridine rings is 1. The second kappa shape index (κ2) is 7.02. The van der Waals surface area contributed by atoms with E-state index in [-0.39, 0.29) is 15.8 Å². The average Bonchev–Trinajstić information content (AvgIpc) is 3.08. The molecule has 0 aliphatic carbocycles. The highest BCUT2D eigenvalue weighted by molar-refractivity contribution is 7.22. The molecule has 4 rings (SSSR count). The van der Waals surface area contributed by atoms with Crippen LogP contribution < -0.4 is 5.56 Å². The molecular weight excluding hydrogens is 402 g/mol. The molecule has 6 nitrogen and oxygen atoms in total. The number of benzene rings is 2. The van der Waals surface area contributed by atoms with Gasteiger partial charge in [0.25, 0.3) is 5.56 Å². The number of aromatic nitrogens is 1. The Morgan fingerprint density at radius 2 is 1.76 bits per heavy atom. The first-order chi connectivity index (χ1) is 13.9. The summed E-state index contributed by atoms with van der Waals surface area (Å²) in [5, 5.41) is 11.2. The van der Waals surface area contributed by atoms with Crippen molar-refractivity contribution >= 4 is 32.3 Å². The molecule has 0 amide bonds. The van der Waals surface area contributed by atoms with Gasteiger partial charge in [-0.1, -0.05) is 18.2 Å². The van der Waals surface area contributed by atoms with E-state index in [1.165, 1.54) is 16.7 Å². The number of ketones is 1. The van der Waals surface area contributed by atoms with Crippen LogP contribution in [0.4, 0.5) is 13.8 Å². The summed E-state index contributed by atoms with van der Waals surface area (Å²) >= 11 is 0.646. The fourth-order valence-corrected chi connectivity index (χ4v) is 4.18. The standard InChI is InChI=1S/C20H10F2N2O4S/c21-11-6-7-13(15(22)10-11)18(26)17-14-8-9-16(25)23(12-4-2-1-3-5-12)19(14)29-20(17)24(27)28/h1-10H. The van der Waals surface area contributed by atoms with E-state index < -0.39 is 38.5 Å². The van der Waals surface area contributed by atoms with Crippen molar-refractivity contribution in [1.82, 2.24) is 4.57 Å². The predicted octanol–water partition coefficient (Wildman–Crippen LogP) is 4.47. The SMILES string of the molecule is O=C(c1ccc(F)cc1F)c1c([N+](=O)[O-])sc2c1ccc(=O)n2-c1ccccc1. The Labute approximate surface area is 165 Å². The molecule has 0 atom stereocenters. The molecule has 2 aromatic heterocycles. The van der Waals surface area contributed by atoms with Crippen LogP contribution in [0, 0.1) is 21.7 Å². The van der Waals surface area contributed by atoms with Crippen LogP contribution in [0.5, 0.6) is 0 Å². The minimum atomic E-state index is -1.12. The van der Waals surface area contributed by atoms with E-state index in [2.05, 4.69) is 0 Å². The first kappa shape index (κ1) is 18.6. The Kier molecular flexibility index (Phi) is 4.51. The van der Waals surface area contributed by atoms with Gasteiger partial charge in [-0.25, -0.2) is 8.78 Å². The number of para-hydroxylation sites is 1. The van der Waals surface area contributed by atoms with Gasteiger partial charge in [0.05, 0.1) is 16.2 Å². The molecule has 4 aromatic rings. The smallest absolute Gasteiger partial charge is 0.288 e. The second-order valence-corrected chi connectivity index (χ2v) is 7.03. The average molecular weight is 412 g/mol. The summed E-state index contributed by atoms with van der Waals surface area (Å²) in [6.07, 6.45) is 0. The summed E-state index contributed by atoms with van der Waals surface area (Å²) in [6, 6.07) is 13.3. The van der Waals surface area contributed by atoms with Crippen LogP contribution in [0.1, 0.15) is 15.9 Å². The Morgan fingerprint density at radius 1 is 1.03 bits per heavy atom. The van der Waals surface area contributed by atoms with Gasteiger partial charge < -0.3 is 0 Å². The maximum Gasteiger partial charge on any atom is 0.337 e. The Bertz CT molecular complexity index is 1350. The molecule has 29 heavy (non-hydrogen) atoms. The van der Waals surface area contributed by atoms with Crippen molar-refractivity contribution in [3.8, 4) is 5.69 Å². The number of halogens is 2. The number of hydrogen-bond donors (Lipinski definition) is 0. The number of nitrogens with zero attached hydrogens (tertiary/aromatic N) is 2. The summed E-state index contributed by atoms with van der Waals surface area (Å²) in [5.74, 6) is -2.96. The first-order valence-electron chi connectivity index (χ1n) is 8.26. The van der Waals surface area contributed by atoms with Gasteiger partial charge in [0.2, 0.25) is 5.78 Å². The summed E-state index contributed by atoms with van der Waals surface area (Å²) in [4.78, 5) is 36.5. The minimum Gasteiger partial charge on any atom is -0.288 e. The summed E-state index contributed by atoms with van der Waals surface area (Å²) < 4.78 is 28.6. The van der Waals surface area contributed by atoms with Gasteiger partial charge in [-0.2, -0.15) is 0 Å². The van der Waals surface area contributed by atoms with Crippen molar-refractivity contribution in [2.45, 2.75) is 0 Å². The number of fused-ring (bicyclic) bond motifs is 1. The fourth-order valence-electron chi connectivity index (χ4n) is 3.05. The molecule has 0 bridgehead atoms. The first-order valence-corrected chi connectivity index (χ1v) is 9.08. The lowest BCUT2D eigenvalue weighted by Gasteiger charge is -2.07. The molecule has 0 spiro atoms. The second-order valence-electron chi connectivity index (χ2n) is 6.05. The van der Waals surface area contributed by atoms with Gasteiger partial charge in [0.15, 0.2) is 0 Å². The van der Waals surface area contributed by atoms with Gasteiger partial charge in [-0.05, 0) is 41.7 Å². The molecule has 2 heterocycles. The maximum absolute atomic E-state index is 14.2. The third kappa shape index (κ3) is 3.11. The van der Waals surface area contributed by atoms with E-state index in [1.54, 1.807) is 30.3 Å². The molecule has 9 heteroatoms. The van der Waals surface area contributed by atoms with Crippen molar-refractivity contribution in [3.05, 3.63) is 104 Å². The molecule has 144 valence electrons. The zero-order valence-electron chi connectivity index (χ0n) is 14.5. The molecule has 0 aliphatic heterocycles. The number of hydrogen-bond acceptors (Lipinski definition) is 5.